The zero-order valence-electron chi connectivity index (χ0n) is 21.4. The highest BCUT2D eigenvalue weighted by atomic mass is 35.5. The van der Waals surface area contributed by atoms with E-state index in [1.165, 1.54) is 17.3 Å². The van der Waals surface area contributed by atoms with Gasteiger partial charge in [-0.25, -0.2) is 4.98 Å². The number of likely N-dealkylation sites (N-methyl/N-ethyl adjacent to an activating group) is 1. The highest BCUT2D eigenvalue weighted by Gasteiger charge is 2.14. The maximum Gasteiger partial charge on any atom is 0.336 e. The van der Waals surface area contributed by atoms with Gasteiger partial charge in [0.2, 0.25) is 0 Å². The van der Waals surface area contributed by atoms with Crippen LogP contribution in [-0.2, 0) is 13.2 Å². The SMILES string of the molecule is CCN(CC)CC(NCc1ccc(COc2ncc(-c3cc(Cl)c(O)c(Cl)c3)nn2)cc1)c1ccccc1. The first kappa shape index (κ1) is 27.8. The molecule has 4 rings (SSSR count). The molecule has 38 heavy (non-hydrogen) atoms. The summed E-state index contributed by atoms with van der Waals surface area (Å²) in [6.45, 7) is 8.49. The van der Waals surface area contributed by atoms with E-state index in [4.69, 9.17) is 27.9 Å². The van der Waals surface area contributed by atoms with Crippen LogP contribution in [0.1, 0.15) is 36.6 Å². The minimum Gasteiger partial charge on any atom is -0.505 e. The number of phenolic OH excluding ortho intramolecular Hbond substituents is 1. The van der Waals surface area contributed by atoms with E-state index in [0.717, 1.165) is 31.7 Å². The van der Waals surface area contributed by atoms with Crippen molar-refractivity contribution in [2.75, 3.05) is 19.6 Å². The van der Waals surface area contributed by atoms with Gasteiger partial charge in [0.1, 0.15) is 12.3 Å². The number of halogens is 2. The standard InChI is InChI=1S/C29H31Cl2N5O2/c1-3-36(4-2)18-27(22-8-6-5-7-9-22)32-16-20-10-12-21(13-11-20)19-38-29-33-17-26(34-35-29)23-14-24(30)28(37)25(31)15-23/h5-15,17,27,32,37H,3-4,16,18-19H2,1-2H3. The molecule has 1 atom stereocenters. The van der Waals surface area contributed by atoms with Gasteiger partial charge in [0.15, 0.2) is 5.75 Å². The number of hydrogen-bond acceptors (Lipinski definition) is 7. The monoisotopic (exact) mass is 551 g/mol. The van der Waals surface area contributed by atoms with Gasteiger partial charge >= 0.3 is 6.01 Å². The molecule has 0 aliphatic carbocycles. The fraction of sp³-hybridized carbons (Fsp3) is 0.276. The summed E-state index contributed by atoms with van der Waals surface area (Å²) in [6, 6.07) is 22.4. The number of benzene rings is 3. The lowest BCUT2D eigenvalue weighted by Gasteiger charge is -2.26. The third kappa shape index (κ3) is 7.42. The van der Waals surface area contributed by atoms with Crippen LogP contribution in [0.25, 0.3) is 11.3 Å². The van der Waals surface area contributed by atoms with Crippen LogP contribution in [0, 0.1) is 0 Å². The third-order valence-corrected chi connectivity index (χ3v) is 6.91. The van der Waals surface area contributed by atoms with E-state index >= 15 is 0 Å². The molecule has 0 aliphatic heterocycles. The minimum absolute atomic E-state index is 0.132. The van der Waals surface area contributed by atoms with Crippen molar-refractivity contribution < 1.29 is 9.84 Å². The second-order valence-electron chi connectivity index (χ2n) is 8.85. The Morgan fingerprint density at radius 3 is 2.18 bits per heavy atom. The summed E-state index contributed by atoms with van der Waals surface area (Å²) in [5.74, 6) is -0.171. The number of ether oxygens (including phenoxy) is 1. The summed E-state index contributed by atoms with van der Waals surface area (Å²) in [4.78, 5) is 6.66. The number of aromatic hydroxyl groups is 1. The molecule has 1 aromatic heterocycles. The van der Waals surface area contributed by atoms with Gasteiger partial charge in [0.05, 0.1) is 16.2 Å². The molecule has 1 heterocycles. The Morgan fingerprint density at radius 1 is 0.921 bits per heavy atom. The van der Waals surface area contributed by atoms with Gasteiger partial charge in [-0.05, 0) is 41.9 Å². The van der Waals surface area contributed by atoms with E-state index in [2.05, 4.69) is 81.7 Å². The highest BCUT2D eigenvalue weighted by Crippen LogP contribution is 2.35. The van der Waals surface area contributed by atoms with E-state index in [0.29, 0.717) is 17.9 Å². The largest absolute Gasteiger partial charge is 0.505 e. The van der Waals surface area contributed by atoms with Crippen molar-refractivity contribution in [2.24, 2.45) is 0 Å². The number of phenols is 1. The Hall–Kier alpha value is -3.23. The first-order valence-corrected chi connectivity index (χ1v) is 13.3. The number of hydrogen-bond donors (Lipinski definition) is 2. The van der Waals surface area contributed by atoms with Crippen LogP contribution in [0.4, 0.5) is 0 Å². The molecule has 3 aromatic carbocycles. The fourth-order valence-electron chi connectivity index (χ4n) is 4.03. The van der Waals surface area contributed by atoms with Crippen LogP contribution in [0.15, 0.2) is 72.9 Å². The second-order valence-corrected chi connectivity index (χ2v) is 9.66. The van der Waals surface area contributed by atoms with Crippen LogP contribution < -0.4 is 10.1 Å². The topological polar surface area (TPSA) is 83.4 Å². The number of nitrogens with one attached hydrogen (secondary N) is 1. The quantitative estimate of drug-likeness (QED) is 0.213. The van der Waals surface area contributed by atoms with Crippen molar-refractivity contribution in [3.8, 4) is 23.0 Å². The Labute approximate surface area is 233 Å². The molecule has 0 amide bonds. The Morgan fingerprint density at radius 2 is 1.58 bits per heavy atom. The smallest absolute Gasteiger partial charge is 0.336 e. The lowest BCUT2D eigenvalue weighted by atomic mass is 10.1. The molecular formula is C29H31Cl2N5O2. The average Bonchev–Trinajstić information content (AvgIpc) is 2.96. The zero-order chi connectivity index (χ0) is 26.9. The van der Waals surface area contributed by atoms with Gasteiger partial charge in [0, 0.05) is 24.7 Å². The third-order valence-electron chi connectivity index (χ3n) is 6.33. The first-order valence-electron chi connectivity index (χ1n) is 12.6. The van der Waals surface area contributed by atoms with Gasteiger partial charge in [-0.1, -0.05) is 96.7 Å². The molecule has 0 aliphatic rings. The van der Waals surface area contributed by atoms with Crippen molar-refractivity contribution in [3.63, 3.8) is 0 Å². The maximum absolute atomic E-state index is 9.73. The van der Waals surface area contributed by atoms with Crippen LogP contribution >= 0.6 is 23.2 Å². The summed E-state index contributed by atoms with van der Waals surface area (Å²) in [5, 5.41) is 21.9. The normalized spacial score (nSPS) is 12.0. The molecule has 0 saturated heterocycles. The molecule has 2 N–H and O–H groups in total. The van der Waals surface area contributed by atoms with Crippen molar-refractivity contribution in [1.82, 2.24) is 25.4 Å². The van der Waals surface area contributed by atoms with Gasteiger partial charge in [0.25, 0.3) is 0 Å². The predicted octanol–water partition coefficient (Wildman–Crippen LogP) is 6.30. The van der Waals surface area contributed by atoms with Crippen molar-refractivity contribution in [3.05, 3.63) is 99.7 Å². The molecule has 7 nitrogen and oxygen atoms in total. The highest BCUT2D eigenvalue weighted by molar-refractivity contribution is 6.37. The van der Waals surface area contributed by atoms with Crippen molar-refractivity contribution in [1.29, 1.82) is 0 Å². The molecule has 0 radical (unpaired) electrons. The molecule has 198 valence electrons. The van der Waals surface area contributed by atoms with E-state index < -0.39 is 0 Å². The van der Waals surface area contributed by atoms with Crippen LogP contribution in [0.3, 0.4) is 0 Å². The fourth-order valence-corrected chi connectivity index (χ4v) is 4.52. The van der Waals surface area contributed by atoms with E-state index in [-0.39, 0.29) is 27.8 Å². The summed E-state index contributed by atoms with van der Waals surface area (Å²) >= 11 is 12.0. The molecule has 9 heteroatoms. The molecule has 0 bridgehead atoms. The maximum atomic E-state index is 9.73. The van der Waals surface area contributed by atoms with Gasteiger partial charge < -0.3 is 20.1 Å². The van der Waals surface area contributed by atoms with Gasteiger partial charge in [-0.2, -0.15) is 0 Å². The van der Waals surface area contributed by atoms with E-state index in [9.17, 15) is 5.11 Å². The lowest BCUT2D eigenvalue weighted by molar-refractivity contribution is 0.265. The average molecular weight is 553 g/mol. The van der Waals surface area contributed by atoms with Crippen LogP contribution in [-0.4, -0.2) is 44.8 Å². The molecule has 0 fully saturated rings. The van der Waals surface area contributed by atoms with E-state index in [1.54, 1.807) is 12.1 Å². The summed E-state index contributed by atoms with van der Waals surface area (Å²) < 4.78 is 5.72. The second kappa shape index (κ2) is 13.5. The lowest BCUT2D eigenvalue weighted by Crippen LogP contribution is -2.35. The van der Waals surface area contributed by atoms with E-state index in [1.807, 2.05) is 12.1 Å². The first-order chi connectivity index (χ1) is 18.5. The number of nitrogens with zero attached hydrogens (tertiary/aromatic N) is 4. The predicted molar refractivity (Wildman–Crippen MR) is 152 cm³/mol. The Balaban J connectivity index is 1.32. The zero-order valence-corrected chi connectivity index (χ0v) is 23.0. The summed E-state index contributed by atoms with van der Waals surface area (Å²) in [5.41, 5.74) is 4.55. The van der Waals surface area contributed by atoms with Crippen molar-refractivity contribution in [2.45, 2.75) is 33.0 Å². The van der Waals surface area contributed by atoms with Crippen molar-refractivity contribution >= 4 is 23.2 Å². The molecule has 0 spiro atoms. The molecular weight excluding hydrogens is 521 g/mol. The van der Waals surface area contributed by atoms with Crippen LogP contribution in [0.5, 0.6) is 11.8 Å². The van der Waals surface area contributed by atoms with Crippen LogP contribution in [0.2, 0.25) is 10.0 Å². The molecule has 1 unspecified atom stereocenters. The molecule has 4 aromatic rings. The summed E-state index contributed by atoms with van der Waals surface area (Å²) in [7, 11) is 0. The minimum atomic E-state index is -0.171. The molecule has 0 saturated carbocycles. The number of aromatic nitrogens is 3. The van der Waals surface area contributed by atoms with Gasteiger partial charge in [-0.3, -0.25) is 0 Å². The Kier molecular flexibility index (Phi) is 9.90. The summed E-state index contributed by atoms with van der Waals surface area (Å²) in [6.07, 6.45) is 1.53. The number of rotatable bonds is 12. The Bertz CT molecular complexity index is 1280. The van der Waals surface area contributed by atoms with Gasteiger partial charge in [-0.15, -0.1) is 5.10 Å².